The van der Waals surface area contributed by atoms with Crippen LogP contribution in [0.5, 0.6) is 0 Å². The first-order valence-electron chi connectivity index (χ1n) is 5.34. The van der Waals surface area contributed by atoms with Gasteiger partial charge in [-0.25, -0.2) is 0 Å². The van der Waals surface area contributed by atoms with E-state index in [-0.39, 0.29) is 5.12 Å². The second-order valence-electron chi connectivity index (χ2n) is 3.73. The van der Waals surface area contributed by atoms with Crippen LogP contribution in [0.15, 0.2) is 53.4 Å². The fraction of sp³-hybridized carbons (Fsp3) is 0.0714. The number of benzene rings is 2. The van der Waals surface area contributed by atoms with Crippen LogP contribution >= 0.6 is 35.0 Å². The van der Waals surface area contributed by atoms with Gasteiger partial charge in [-0.15, -0.1) is 0 Å². The van der Waals surface area contributed by atoms with Crippen LogP contribution < -0.4 is 0 Å². The van der Waals surface area contributed by atoms with Gasteiger partial charge >= 0.3 is 0 Å². The second kappa shape index (κ2) is 6.28. The van der Waals surface area contributed by atoms with E-state index in [1.165, 1.54) is 11.8 Å². The first-order chi connectivity index (χ1) is 8.63. The van der Waals surface area contributed by atoms with Gasteiger partial charge in [0.05, 0.1) is 0 Å². The Morgan fingerprint density at radius 3 is 1.94 bits per heavy atom. The quantitative estimate of drug-likeness (QED) is 0.753. The molecule has 0 fully saturated rings. The zero-order valence-electron chi connectivity index (χ0n) is 9.40. The molecule has 0 spiro atoms. The molecule has 0 saturated heterocycles. The molecule has 0 amide bonds. The summed E-state index contributed by atoms with van der Waals surface area (Å²) in [5.74, 6) is 0. The van der Waals surface area contributed by atoms with Gasteiger partial charge < -0.3 is 0 Å². The Morgan fingerprint density at radius 2 is 1.39 bits per heavy atom. The summed E-state index contributed by atoms with van der Waals surface area (Å²) in [5, 5.41) is 1.45. The molecule has 0 atom stereocenters. The van der Waals surface area contributed by atoms with E-state index in [0.29, 0.717) is 16.5 Å². The standard InChI is InChI=1S/C14H10Cl2OS/c15-11-3-1-10(2-4-11)9-14(17)18-13-7-5-12(16)6-8-13/h1-8H,9H2. The van der Waals surface area contributed by atoms with E-state index >= 15 is 0 Å². The Bertz CT molecular complexity index is 485. The van der Waals surface area contributed by atoms with E-state index in [4.69, 9.17) is 23.2 Å². The Morgan fingerprint density at radius 1 is 0.889 bits per heavy atom. The molecule has 92 valence electrons. The SMILES string of the molecule is O=C(Cc1ccc(Cl)cc1)Sc1ccc(Cl)cc1. The van der Waals surface area contributed by atoms with E-state index in [2.05, 4.69) is 0 Å². The molecule has 1 nitrogen and oxygen atoms in total. The van der Waals surface area contributed by atoms with Gasteiger partial charge in [-0.1, -0.05) is 47.1 Å². The number of hydrogen-bond donors (Lipinski definition) is 0. The van der Waals surface area contributed by atoms with Gasteiger partial charge in [0.25, 0.3) is 0 Å². The molecule has 0 saturated carbocycles. The summed E-state index contributed by atoms with van der Waals surface area (Å²) in [4.78, 5) is 12.7. The molecular formula is C14H10Cl2OS. The van der Waals surface area contributed by atoms with E-state index < -0.39 is 0 Å². The predicted molar refractivity (Wildman–Crippen MR) is 77.5 cm³/mol. The third-order valence-electron chi connectivity index (χ3n) is 2.31. The fourth-order valence-corrected chi connectivity index (χ4v) is 2.46. The Balaban J connectivity index is 1.96. The molecule has 0 unspecified atom stereocenters. The lowest BCUT2D eigenvalue weighted by atomic mass is 10.2. The maximum Gasteiger partial charge on any atom is 0.198 e. The molecule has 18 heavy (non-hydrogen) atoms. The minimum absolute atomic E-state index is 0.0969. The van der Waals surface area contributed by atoms with Gasteiger partial charge in [-0.05, 0) is 42.0 Å². The molecule has 0 aliphatic rings. The molecule has 0 radical (unpaired) electrons. The van der Waals surface area contributed by atoms with Crippen molar-refractivity contribution in [2.24, 2.45) is 0 Å². The number of halogens is 2. The van der Waals surface area contributed by atoms with Crippen LogP contribution in [0.4, 0.5) is 0 Å². The van der Waals surface area contributed by atoms with Gasteiger partial charge in [0.15, 0.2) is 5.12 Å². The van der Waals surface area contributed by atoms with Gasteiger partial charge in [-0.3, -0.25) is 4.79 Å². The monoisotopic (exact) mass is 296 g/mol. The van der Waals surface area contributed by atoms with Crippen molar-refractivity contribution in [3.8, 4) is 0 Å². The van der Waals surface area contributed by atoms with Crippen molar-refractivity contribution in [2.75, 3.05) is 0 Å². The lowest BCUT2D eigenvalue weighted by Gasteiger charge is -2.02. The van der Waals surface area contributed by atoms with Crippen LogP contribution in [0.3, 0.4) is 0 Å². The van der Waals surface area contributed by atoms with Crippen molar-refractivity contribution in [3.05, 3.63) is 64.1 Å². The number of rotatable bonds is 3. The summed E-state index contributed by atoms with van der Waals surface area (Å²) >= 11 is 12.8. The van der Waals surface area contributed by atoms with Crippen LogP contribution in [0.25, 0.3) is 0 Å². The normalized spacial score (nSPS) is 10.3. The maximum atomic E-state index is 11.8. The van der Waals surface area contributed by atoms with E-state index in [9.17, 15) is 4.79 Å². The number of hydrogen-bond acceptors (Lipinski definition) is 2. The topological polar surface area (TPSA) is 17.1 Å². The lowest BCUT2D eigenvalue weighted by molar-refractivity contribution is -0.110. The molecular weight excluding hydrogens is 287 g/mol. The second-order valence-corrected chi connectivity index (χ2v) is 5.73. The minimum atomic E-state index is 0.0969. The van der Waals surface area contributed by atoms with Crippen LogP contribution in [-0.4, -0.2) is 5.12 Å². The largest absolute Gasteiger partial charge is 0.286 e. The maximum absolute atomic E-state index is 11.8. The smallest absolute Gasteiger partial charge is 0.198 e. The van der Waals surface area contributed by atoms with E-state index in [0.717, 1.165) is 10.5 Å². The van der Waals surface area contributed by atoms with Crippen LogP contribution in [0.1, 0.15) is 5.56 Å². The molecule has 2 rings (SSSR count). The van der Waals surface area contributed by atoms with Crippen molar-refractivity contribution < 1.29 is 4.79 Å². The zero-order chi connectivity index (χ0) is 13.0. The Labute approximate surface area is 120 Å². The predicted octanol–water partition coefficient (Wildman–Crippen LogP) is 4.85. The average Bonchev–Trinajstić information content (AvgIpc) is 2.35. The summed E-state index contributed by atoms with van der Waals surface area (Å²) in [6, 6.07) is 14.5. The molecule has 2 aromatic carbocycles. The highest BCUT2D eigenvalue weighted by molar-refractivity contribution is 8.13. The molecule has 0 N–H and O–H groups in total. The summed E-state index contributed by atoms with van der Waals surface area (Å²) < 4.78 is 0. The molecule has 0 bridgehead atoms. The van der Waals surface area contributed by atoms with Crippen LogP contribution in [-0.2, 0) is 11.2 Å². The zero-order valence-corrected chi connectivity index (χ0v) is 11.7. The molecule has 0 heterocycles. The van der Waals surface area contributed by atoms with Crippen molar-refractivity contribution in [2.45, 2.75) is 11.3 Å². The minimum Gasteiger partial charge on any atom is -0.286 e. The molecule has 0 aliphatic heterocycles. The first-order valence-corrected chi connectivity index (χ1v) is 6.91. The van der Waals surface area contributed by atoms with E-state index in [1.54, 1.807) is 24.3 Å². The van der Waals surface area contributed by atoms with Crippen molar-refractivity contribution in [1.29, 1.82) is 0 Å². The third kappa shape index (κ3) is 4.05. The van der Waals surface area contributed by atoms with E-state index in [1.807, 2.05) is 24.3 Å². The van der Waals surface area contributed by atoms with Gasteiger partial charge in [0, 0.05) is 21.4 Å². The summed E-state index contributed by atoms with van der Waals surface area (Å²) in [6.07, 6.45) is 0.393. The Kier molecular flexibility index (Phi) is 4.70. The van der Waals surface area contributed by atoms with Gasteiger partial charge in [-0.2, -0.15) is 0 Å². The van der Waals surface area contributed by atoms with Crippen LogP contribution in [0.2, 0.25) is 10.0 Å². The summed E-state index contributed by atoms with van der Waals surface area (Å²) in [5.41, 5.74) is 0.964. The van der Waals surface area contributed by atoms with Crippen LogP contribution in [0, 0.1) is 0 Å². The molecule has 2 aromatic rings. The molecule has 0 aliphatic carbocycles. The first kappa shape index (κ1) is 13.5. The fourth-order valence-electron chi connectivity index (χ4n) is 1.44. The molecule has 4 heteroatoms. The van der Waals surface area contributed by atoms with Crippen molar-refractivity contribution in [1.82, 2.24) is 0 Å². The number of carbonyl (C=O) groups is 1. The highest BCUT2D eigenvalue weighted by Crippen LogP contribution is 2.22. The van der Waals surface area contributed by atoms with Crippen molar-refractivity contribution >= 4 is 40.1 Å². The number of thioether (sulfide) groups is 1. The molecule has 0 aromatic heterocycles. The third-order valence-corrected chi connectivity index (χ3v) is 3.69. The van der Waals surface area contributed by atoms with Gasteiger partial charge in [0.1, 0.15) is 0 Å². The Hall–Kier alpha value is -0.960. The average molecular weight is 297 g/mol. The summed E-state index contributed by atoms with van der Waals surface area (Å²) in [6.45, 7) is 0. The number of carbonyl (C=O) groups excluding carboxylic acids is 1. The highest BCUT2D eigenvalue weighted by atomic mass is 35.5. The lowest BCUT2D eigenvalue weighted by Crippen LogP contribution is -1.96. The van der Waals surface area contributed by atoms with Gasteiger partial charge in [0.2, 0.25) is 0 Å². The highest BCUT2D eigenvalue weighted by Gasteiger charge is 2.06. The summed E-state index contributed by atoms with van der Waals surface area (Å²) in [7, 11) is 0. The van der Waals surface area contributed by atoms with Crippen molar-refractivity contribution in [3.63, 3.8) is 0 Å².